The minimum absolute atomic E-state index is 0.151. The summed E-state index contributed by atoms with van der Waals surface area (Å²) in [6.07, 6.45) is 3.17. The third kappa shape index (κ3) is 2.64. The van der Waals surface area contributed by atoms with Crippen molar-refractivity contribution in [1.82, 2.24) is 4.98 Å². The lowest BCUT2D eigenvalue weighted by atomic mass is 10.2. The quantitative estimate of drug-likeness (QED) is 0.919. The van der Waals surface area contributed by atoms with E-state index in [0.717, 1.165) is 10.2 Å². The lowest BCUT2D eigenvalue weighted by Gasteiger charge is -2.02. The fourth-order valence-corrected chi connectivity index (χ4v) is 2.03. The van der Waals surface area contributed by atoms with E-state index in [1.165, 1.54) is 6.20 Å². The summed E-state index contributed by atoms with van der Waals surface area (Å²) in [6.45, 7) is 0. The van der Waals surface area contributed by atoms with Crippen molar-refractivity contribution in [3.05, 3.63) is 45.3 Å². The van der Waals surface area contributed by atoms with Gasteiger partial charge in [-0.25, -0.2) is 0 Å². The maximum Gasteiger partial charge on any atom is 0.257 e. The van der Waals surface area contributed by atoms with Gasteiger partial charge >= 0.3 is 0 Å². The van der Waals surface area contributed by atoms with Crippen molar-refractivity contribution in [3.8, 4) is 0 Å². The van der Waals surface area contributed by atoms with Crippen LogP contribution < -0.4 is 5.32 Å². The van der Waals surface area contributed by atoms with E-state index in [0.29, 0.717) is 5.56 Å². The molecule has 1 amide bonds. The fraction of sp³-hybridized carbons (Fsp3) is 0. The van der Waals surface area contributed by atoms with Gasteiger partial charge in [-0.15, -0.1) is 0 Å². The molecule has 0 radical (unpaired) electrons. The number of nitrogens with one attached hydrogen (secondary N) is 1. The first kappa shape index (κ1) is 10.3. The van der Waals surface area contributed by atoms with Crippen LogP contribution in [0.15, 0.2) is 39.8 Å². The summed E-state index contributed by atoms with van der Waals surface area (Å²) < 4.78 is 0.792. The Hall–Kier alpha value is -1.20. The Kier molecular flexibility index (Phi) is 3.13. The van der Waals surface area contributed by atoms with Crippen LogP contribution in [-0.4, -0.2) is 10.9 Å². The van der Waals surface area contributed by atoms with Gasteiger partial charge in [0.05, 0.1) is 11.3 Å². The molecule has 0 aliphatic heterocycles. The van der Waals surface area contributed by atoms with Crippen molar-refractivity contribution in [3.63, 3.8) is 0 Å². The first-order chi connectivity index (χ1) is 7.25. The highest BCUT2D eigenvalue weighted by atomic mass is 79.9. The molecular weight excluding hydrogens is 276 g/mol. The van der Waals surface area contributed by atoms with Crippen LogP contribution in [0.1, 0.15) is 10.4 Å². The van der Waals surface area contributed by atoms with Gasteiger partial charge in [0.15, 0.2) is 0 Å². The van der Waals surface area contributed by atoms with Gasteiger partial charge in [-0.1, -0.05) is 0 Å². The van der Waals surface area contributed by atoms with E-state index in [9.17, 15) is 4.79 Å². The number of thiophene rings is 1. The van der Waals surface area contributed by atoms with E-state index < -0.39 is 0 Å². The number of halogens is 1. The van der Waals surface area contributed by atoms with Gasteiger partial charge in [-0.2, -0.15) is 11.3 Å². The van der Waals surface area contributed by atoms with Gasteiger partial charge in [0.1, 0.15) is 0 Å². The molecule has 1 N–H and O–H groups in total. The first-order valence-corrected chi connectivity index (χ1v) is 5.93. The molecule has 76 valence electrons. The zero-order valence-electron chi connectivity index (χ0n) is 7.61. The molecular formula is C10H7BrN2OS. The summed E-state index contributed by atoms with van der Waals surface area (Å²) in [6, 6.07) is 3.59. The van der Waals surface area contributed by atoms with Crippen molar-refractivity contribution in [2.24, 2.45) is 0 Å². The van der Waals surface area contributed by atoms with Crippen LogP contribution in [0.25, 0.3) is 0 Å². The van der Waals surface area contributed by atoms with Gasteiger partial charge in [-0.3, -0.25) is 9.78 Å². The summed E-state index contributed by atoms with van der Waals surface area (Å²) in [4.78, 5) is 15.6. The van der Waals surface area contributed by atoms with Gasteiger partial charge in [0.2, 0.25) is 0 Å². The molecule has 5 heteroatoms. The smallest absolute Gasteiger partial charge is 0.257 e. The van der Waals surface area contributed by atoms with Crippen molar-refractivity contribution < 1.29 is 4.79 Å². The van der Waals surface area contributed by atoms with Crippen LogP contribution >= 0.6 is 27.3 Å². The number of hydrogen-bond donors (Lipinski definition) is 1. The Morgan fingerprint density at radius 1 is 1.47 bits per heavy atom. The van der Waals surface area contributed by atoms with Crippen LogP contribution in [0.3, 0.4) is 0 Å². The molecule has 0 aromatic carbocycles. The Bertz CT molecular complexity index is 470. The van der Waals surface area contributed by atoms with Crippen LogP contribution in [0.5, 0.6) is 0 Å². The third-order valence-corrected chi connectivity index (χ3v) is 2.86. The normalized spacial score (nSPS) is 9.93. The molecule has 0 saturated carbocycles. The number of nitrogens with zero attached hydrogens (tertiary/aromatic N) is 1. The van der Waals surface area contributed by atoms with E-state index in [4.69, 9.17) is 0 Å². The number of aromatic nitrogens is 1. The van der Waals surface area contributed by atoms with E-state index in [2.05, 4.69) is 26.2 Å². The van der Waals surface area contributed by atoms with E-state index in [1.54, 1.807) is 23.6 Å². The van der Waals surface area contributed by atoms with Gasteiger partial charge in [0, 0.05) is 22.2 Å². The molecule has 0 bridgehead atoms. The highest BCUT2D eigenvalue weighted by Crippen LogP contribution is 2.14. The van der Waals surface area contributed by atoms with Crippen LogP contribution in [0.2, 0.25) is 0 Å². The number of carbonyl (C=O) groups excluding carboxylic acids is 1. The van der Waals surface area contributed by atoms with Gasteiger partial charge in [0.25, 0.3) is 5.91 Å². The lowest BCUT2D eigenvalue weighted by Crippen LogP contribution is -2.11. The van der Waals surface area contributed by atoms with Gasteiger partial charge in [-0.05, 0) is 33.4 Å². The monoisotopic (exact) mass is 282 g/mol. The van der Waals surface area contributed by atoms with Crippen molar-refractivity contribution in [2.75, 3.05) is 5.32 Å². The van der Waals surface area contributed by atoms with E-state index in [1.807, 2.05) is 16.8 Å². The third-order valence-electron chi connectivity index (χ3n) is 1.75. The lowest BCUT2D eigenvalue weighted by molar-refractivity contribution is 0.102. The summed E-state index contributed by atoms with van der Waals surface area (Å²) in [5.41, 5.74) is 1.35. The van der Waals surface area contributed by atoms with E-state index in [-0.39, 0.29) is 5.91 Å². The van der Waals surface area contributed by atoms with Crippen LogP contribution in [0, 0.1) is 0 Å². The van der Waals surface area contributed by atoms with Crippen molar-refractivity contribution >= 4 is 38.9 Å². The minimum Gasteiger partial charge on any atom is -0.321 e. The average molecular weight is 283 g/mol. The molecule has 0 atom stereocenters. The maximum atomic E-state index is 11.7. The summed E-state index contributed by atoms with van der Waals surface area (Å²) in [5.74, 6) is -0.151. The second kappa shape index (κ2) is 4.55. The van der Waals surface area contributed by atoms with Crippen molar-refractivity contribution in [2.45, 2.75) is 0 Å². The predicted molar refractivity (Wildman–Crippen MR) is 64.2 cm³/mol. The predicted octanol–water partition coefficient (Wildman–Crippen LogP) is 3.16. The second-order valence-electron chi connectivity index (χ2n) is 2.86. The summed E-state index contributed by atoms with van der Waals surface area (Å²) >= 11 is 4.81. The number of carbonyl (C=O) groups is 1. The Morgan fingerprint density at radius 3 is 3.00 bits per heavy atom. The molecule has 0 saturated heterocycles. The number of pyridine rings is 1. The molecule has 2 heterocycles. The molecule has 0 aliphatic carbocycles. The Morgan fingerprint density at radius 2 is 2.33 bits per heavy atom. The highest BCUT2D eigenvalue weighted by Gasteiger charge is 2.06. The Balaban J connectivity index is 2.15. The van der Waals surface area contributed by atoms with Gasteiger partial charge < -0.3 is 5.32 Å². The number of amides is 1. The average Bonchev–Trinajstić information content (AvgIpc) is 2.70. The van der Waals surface area contributed by atoms with Crippen LogP contribution in [0.4, 0.5) is 5.69 Å². The zero-order valence-corrected chi connectivity index (χ0v) is 10.0. The van der Waals surface area contributed by atoms with Crippen LogP contribution in [-0.2, 0) is 0 Å². The number of rotatable bonds is 2. The molecule has 3 nitrogen and oxygen atoms in total. The summed E-state index contributed by atoms with van der Waals surface area (Å²) in [7, 11) is 0. The molecule has 0 fully saturated rings. The Labute approximate surface area is 99.3 Å². The highest BCUT2D eigenvalue weighted by molar-refractivity contribution is 9.10. The minimum atomic E-state index is -0.151. The number of anilines is 1. The fourth-order valence-electron chi connectivity index (χ4n) is 1.07. The first-order valence-electron chi connectivity index (χ1n) is 4.20. The van der Waals surface area contributed by atoms with E-state index >= 15 is 0 Å². The SMILES string of the molecule is O=C(Nc1ccsc1)c1cncc(Br)c1. The van der Waals surface area contributed by atoms with Crippen molar-refractivity contribution in [1.29, 1.82) is 0 Å². The standard InChI is InChI=1S/C10H7BrN2OS/c11-8-3-7(4-12-5-8)10(14)13-9-1-2-15-6-9/h1-6H,(H,13,14). The molecule has 2 aromatic heterocycles. The molecule has 15 heavy (non-hydrogen) atoms. The zero-order chi connectivity index (χ0) is 10.7. The molecule has 2 aromatic rings. The largest absolute Gasteiger partial charge is 0.321 e. The molecule has 2 rings (SSSR count). The second-order valence-corrected chi connectivity index (χ2v) is 4.55. The molecule has 0 aliphatic rings. The summed E-state index contributed by atoms with van der Waals surface area (Å²) in [5, 5.41) is 6.57. The number of hydrogen-bond acceptors (Lipinski definition) is 3. The topological polar surface area (TPSA) is 42.0 Å². The molecule has 0 spiro atoms. The molecule has 0 unspecified atom stereocenters. The maximum absolute atomic E-state index is 11.7.